The average Bonchev–Trinajstić information content (AvgIpc) is 3.26. The van der Waals surface area contributed by atoms with Crippen LogP contribution < -0.4 is 14.9 Å². The van der Waals surface area contributed by atoms with Gasteiger partial charge in [-0.3, -0.25) is 4.79 Å². The number of aliphatic hydroxyl groups excluding tert-OH is 5. The van der Waals surface area contributed by atoms with E-state index in [9.17, 15) is 40.5 Å². The van der Waals surface area contributed by atoms with Gasteiger partial charge in [-0.1, -0.05) is 12.1 Å². The smallest absolute Gasteiger partial charge is 0.229 e. The first-order chi connectivity index (χ1) is 19.6. The van der Waals surface area contributed by atoms with E-state index in [0.29, 0.717) is 11.3 Å². The van der Waals surface area contributed by atoms with Gasteiger partial charge in [-0.25, -0.2) is 0 Å². The summed E-state index contributed by atoms with van der Waals surface area (Å²) >= 11 is 0. The highest BCUT2D eigenvalue weighted by atomic mass is 16.7. The van der Waals surface area contributed by atoms with E-state index in [2.05, 4.69) is 0 Å². The Morgan fingerprint density at radius 2 is 1.73 bits per heavy atom. The minimum absolute atomic E-state index is 0.0308. The lowest BCUT2D eigenvalue weighted by Crippen LogP contribution is -2.60. The molecule has 222 valence electrons. The molecule has 14 nitrogen and oxygen atoms in total. The van der Waals surface area contributed by atoms with Crippen LogP contribution in [-0.4, -0.2) is 111 Å². The molecule has 0 saturated carbocycles. The highest BCUT2D eigenvalue weighted by molar-refractivity contribution is 5.88. The Kier molecular flexibility index (Phi) is 8.20. The van der Waals surface area contributed by atoms with Crippen molar-refractivity contribution in [3.63, 3.8) is 0 Å². The van der Waals surface area contributed by atoms with Crippen molar-refractivity contribution in [2.24, 2.45) is 0 Å². The molecule has 8 atom stereocenters. The first kappa shape index (κ1) is 29.2. The SMILES string of the molecule is COc1ccc(-c2coc3cc(O[C@@H]4O[C@H](CO[C@@H]5OC[C@](O)(CO)[C@H]5O)[C@@H](O)[C@H](O)[C@H]4O)cc(O)c3c2=O)cc1. The van der Waals surface area contributed by atoms with Gasteiger partial charge in [0.15, 0.2) is 6.29 Å². The van der Waals surface area contributed by atoms with Crippen LogP contribution in [0.3, 0.4) is 0 Å². The predicted molar refractivity (Wildman–Crippen MR) is 137 cm³/mol. The Balaban J connectivity index is 1.33. The number of methoxy groups -OCH3 is 1. The maximum absolute atomic E-state index is 13.2. The van der Waals surface area contributed by atoms with Crippen LogP contribution in [0, 0.1) is 0 Å². The zero-order chi connectivity index (χ0) is 29.5. The maximum atomic E-state index is 13.2. The van der Waals surface area contributed by atoms with Crippen molar-refractivity contribution in [2.75, 3.05) is 26.9 Å². The Morgan fingerprint density at radius 1 is 1.00 bits per heavy atom. The van der Waals surface area contributed by atoms with E-state index in [1.165, 1.54) is 19.4 Å². The molecule has 2 aromatic carbocycles. The summed E-state index contributed by atoms with van der Waals surface area (Å²) in [5, 5.41) is 71.3. The lowest BCUT2D eigenvalue weighted by Gasteiger charge is -2.40. The number of phenols is 1. The summed E-state index contributed by atoms with van der Waals surface area (Å²) in [6.07, 6.45) is -9.73. The number of phenolic OH excluding ortho intramolecular Hbond substituents is 1. The van der Waals surface area contributed by atoms with Crippen LogP contribution in [0.2, 0.25) is 0 Å². The van der Waals surface area contributed by atoms with Crippen molar-refractivity contribution in [1.82, 2.24) is 0 Å². The summed E-state index contributed by atoms with van der Waals surface area (Å²) in [7, 11) is 1.52. The summed E-state index contributed by atoms with van der Waals surface area (Å²) in [5.74, 6) is 0.0294. The van der Waals surface area contributed by atoms with Gasteiger partial charge in [-0.2, -0.15) is 0 Å². The monoisotopic (exact) mass is 578 g/mol. The van der Waals surface area contributed by atoms with Crippen LogP contribution in [0.15, 0.2) is 51.9 Å². The van der Waals surface area contributed by atoms with Gasteiger partial charge in [0.05, 0.1) is 32.5 Å². The molecule has 3 heterocycles. The molecule has 7 N–H and O–H groups in total. The Morgan fingerprint density at radius 3 is 2.39 bits per heavy atom. The molecule has 0 aliphatic carbocycles. The highest BCUT2D eigenvalue weighted by Gasteiger charge is 2.50. The second kappa shape index (κ2) is 11.5. The van der Waals surface area contributed by atoms with E-state index >= 15 is 0 Å². The number of benzene rings is 2. The third kappa shape index (κ3) is 5.49. The van der Waals surface area contributed by atoms with Gasteiger partial charge >= 0.3 is 0 Å². The standard InChI is InChI=1S/C27H30O14/c1-36-13-4-2-12(3-5-13)15-8-37-17-7-14(6-16(29)19(17)20(15)30)40-25-23(33)22(32)21(31)18(41-25)9-38-26-24(34)27(35,10-28)11-39-26/h2-8,18,21-26,28-29,31-35H,9-11H2,1H3/t18-,21-,22+,23-,24+,25-,26-,27-/m1/s1. The van der Waals surface area contributed by atoms with Gasteiger partial charge in [0.25, 0.3) is 0 Å². The Bertz CT molecular complexity index is 1420. The van der Waals surface area contributed by atoms with Gasteiger partial charge in [0.1, 0.15) is 70.6 Å². The maximum Gasteiger partial charge on any atom is 0.229 e. The van der Waals surface area contributed by atoms with Gasteiger partial charge in [-0.15, -0.1) is 0 Å². The molecule has 0 radical (unpaired) electrons. The molecule has 2 aliphatic heterocycles. The molecule has 3 aromatic rings. The largest absolute Gasteiger partial charge is 0.507 e. The van der Waals surface area contributed by atoms with Crippen LogP contribution in [-0.2, 0) is 14.2 Å². The molecule has 14 heteroatoms. The molecule has 1 aromatic heterocycles. The van der Waals surface area contributed by atoms with Gasteiger partial charge in [0.2, 0.25) is 11.7 Å². The van der Waals surface area contributed by atoms with Crippen LogP contribution in [0.25, 0.3) is 22.1 Å². The van der Waals surface area contributed by atoms with Crippen LogP contribution >= 0.6 is 0 Å². The van der Waals surface area contributed by atoms with Gasteiger partial charge < -0.3 is 63.8 Å². The molecule has 41 heavy (non-hydrogen) atoms. The number of ether oxygens (including phenoxy) is 5. The van der Waals surface area contributed by atoms with Crippen molar-refractivity contribution < 1.29 is 63.8 Å². The summed E-state index contributed by atoms with van der Waals surface area (Å²) in [6.45, 7) is -1.65. The molecule has 0 amide bonds. The van der Waals surface area contributed by atoms with Crippen LogP contribution in [0.1, 0.15) is 0 Å². The number of hydrogen-bond acceptors (Lipinski definition) is 14. The minimum Gasteiger partial charge on any atom is -0.507 e. The van der Waals surface area contributed by atoms with E-state index in [0.717, 1.165) is 6.07 Å². The molecular formula is C27H30O14. The fraction of sp³-hybridized carbons (Fsp3) is 0.444. The second-order valence-electron chi connectivity index (χ2n) is 9.87. The molecular weight excluding hydrogens is 548 g/mol. The molecule has 2 fully saturated rings. The molecule has 0 spiro atoms. The summed E-state index contributed by atoms with van der Waals surface area (Å²) in [6, 6.07) is 9.07. The first-order valence-electron chi connectivity index (χ1n) is 12.6. The van der Waals surface area contributed by atoms with Gasteiger partial charge in [-0.05, 0) is 17.7 Å². The third-order valence-electron chi connectivity index (χ3n) is 7.16. The van der Waals surface area contributed by atoms with E-state index in [1.54, 1.807) is 24.3 Å². The van der Waals surface area contributed by atoms with Crippen molar-refractivity contribution in [1.29, 1.82) is 0 Å². The fourth-order valence-electron chi connectivity index (χ4n) is 4.66. The normalized spacial score (nSPS) is 31.8. The van der Waals surface area contributed by atoms with E-state index < -0.39 is 79.7 Å². The predicted octanol–water partition coefficient (Wildman–Crippen LogP) is -1.18. The lowest BCUT2D eigenvalue weighted by atomic mass is 9.99. The number of hydrogen-bond donors (Lipinski definition) is 7. The third-order valence-corrected chi connectivity index (χ3v) is 7.16. The summed E-state index contributed by atoms with van der Waals surface area (Å²) in [5.41, 5.74) is -1.73. The van der Waals surface area contributed by atoms with Crippen LogP contribution in [0.5, 0.6) is 17.2 Å². The number of rotatable bonds is 8. The molecule has 2 aliphatic rings. The molecule has 5 rings (SSSR count). The summed E-state index contributed by atoms with van der Waals surface area (Å²) < 4.78 is 32.5. The quantitative estimate of drug-likeness (QED) is 0.167. The lowest BCUT2D eigenvalue weighted by molar-refractivity contribution is -0.289. The van der Waals surface area contributed by atoms with Crippen molar-refractivity contribution in [3.8, 4) is 28.4 Å². The first-order valence-corrected chi connectivity index (χ1v) is 12.6. The number of aliphatic hydroxyl groups is 6. The van der Waals surface area contributed by atoms with E-state index in [1.807, 2.05) is 0 Å². The Labute approximate surface area is 232 Å². The number of aromatic hydroxyl groups is 1. The van der Waals surface area contributed by atoms with Crippen molar-refractivity contribution in [2.45, 2.75) is 48.7 Å². The Hall–Kier alpha value is -3.31. The fourth-order valence-corrected chi connectivity index (χ4v) is 4.66. The zero-order valence-corrected chi connectivity index (χ0v) is 21.7. The van der Waals surface area contributed by atoms with Crippen molar-refractivity contribution >= 4 is 11.0 Å². The van der Waals surface area contributed by atoms with Crippen LogP contribution in [0.4, 0.5) is 0 Å². The number of fused-ring (bicyclic) bond motifs is 1. The topological polar surface area (TPSA) is 218 Å². The zero-order valence-electron chi connectivity index (χ0n) is 21.7. The molecule has 0 bridgehead atoms. The minimum atomic E-state index is -1.93. The highest BCUT2D eigenvalue weighted by Crippen LogP contribution is 2.33. The van der Waals surface area contributed by atoms with E-state index in [4.69, 9.17) is 28.1 Å². The van der Waals surface area contributed by atoms with Gasteiger partial charge in [0, 0.05) is 12.1 Å². The summed E-state index contributed by atoms with van der Waals surface area (Å²) in [4.78, 5) is 13.2. The molecule has 2 saturated heterocycles. The van der Waals surface area contributed by atoms with Crippen molar-refractivity contribution in [3.05, 3.63) is 52.9 Å². The average molecular weight is 579 g/mol. The van der Waals surface area contributed by atoms with E-state index in [-0.39, 0.29) is 22.3 Å². The second-order valence-corrected chi connectivity index (χ2v) is 9.87. The molecule has 0 unspecified atom stereocenters.